The molecule has 1 aromatic heterocycles. The summed E-state index contributed by atoms with van der Waals surface area (Å²) in [4.78, 5) is 40.4. The molecule has 160 valence electrons. The predicted octanol–water partition coefficient (Wildman–Crippen LogP) is 1.64. The van der Waals surface area contributed by atoms with Gasteiger partial charge in [-0.2, -0.15) is 0 Å². The van der Waals surface area contributed by atoms with Crippen LogP contribution < -0.4 is 10.9 Å². The highest BCUT2D eigenvalue weighted by Crippen LogP contribution is 2.27. The van der Waals surface area contributed by atoms with Crippen LogP contribution >= 0.6 is 12.4 Å². The number of ether oxygens (including phenoxy) is 1. The van der Waals surface area contributed by atoms with Crippen molar-refractivity contribution in [2.24, 2.45) is 0 Å². The lowest BCUT2D eigenvalue weighted by Gasteiger charge is -2.34. The average molecular weight is 432 g/mol. The van der Waals surface area contributed by atoms with Crippen molar-refractivity contribution in [2.75, 3.05) is 26.7 Å². The summed E-state index contributed by atoms with van der Waals surface area (Å²) in [6, 6.07) is 7.03. The second kappa shape index (κ2) is 9.02. The minimum atomic E-state index is -0.741. The van der Waals surface area contributed by atoms with Gasteiger partial charge in [0.1, 0.15) is 11.6 Å². The molecule has 1 aliphatic carbocycles. The Labute approximate surface area is 181 Å². The van der Waals surface area contributed by atoms with E-state index in [1.165, 1.54) is 23.1 Å². The van der Waals surface area contributed by atoms with E-state index in [4.69, 9.17) is 4.74 Å². The van der Waals surface area contributed by atoms with Crippen molar-refractivity contribution in [1.29, 1.82) is 0 Å². The highest BCUT2D eigenvalue weighted by atomic mass is 35.5. The quantitative estimate of drug-likeness (QED) is 0.747. The van der Waals surface area contributed by atoms with Crippen molar-refractivity contribution in [3.63, 3.8) is 0 Å². The Balaban J connectivity index is 0.00000256. The zero-order chi connectivity index (χ0) is 20.5. The van der Waals surface area contributed by atoms with Crippen LogP contribution in [0.1, 0.15) is 33.5 Å². The molecule has 1 fully saturated rings. The number of aromatic nitrogens is 1. The number of carbonyl (C=O) groups excluding carboxylic acids is 2. The lowest BCUT2D eigenvalue weighted by molar-refractivity contribution is -0.146. The third-order valence-electron chi connectivity index (χ3n) is 5.87. The average Bonchev–Trinajstić information content (AvgIpc) is 3.22. The van der Waals surface area contributed by atoms with Gasteiger partial charge in [-0.05, 0) is 55.0 Å². The molecule has 0 radical (unpaired) electrons. The largest absolute Gasteiger partial charge is 0.467 e. The van der Waals surface area contributed by atoms with Gasteiger partial charge in [0, 0.05) is 25.8 Å². The number of amides is 1. The van der Waals surface area contributed by atoms with Crippen molar-refractivity contribution in [1.82, 2.24) is 14.8 Å². The number of pyridine rings is 1. The van der Waals surface area contributed by atoms with Gasteiger partial charge in [0.15, 0.2) is 0 Å². The summed E-state index contributed by atoms with van der Waals surface area (Å²) < 4.78 is 6.42. The number of aryl methyl sites for hydroxylation is 2. The number of hydrogen-bond donors (Lipinski definition) is 1. The number of nitrogens with one attached hydrogen (secondary N) is 1. The number of benzene rings is 1. The van der Waals surface area contributed by atoms with E-state index in [2.05, 4.69) is 11.4 Å². The first-order valence-corrected chi connectivity index (χ1v) is 9.96. The zero-order valence-corrected chi connectivity index (χ0v) is 18.0. The zero-order valence-electron chi connectivity index (χ0n) is 17.1. The van der Waals surface area contributed by atoms with Crippen LogP contribution in [0.4, 0.5) is 0 Å². The second-order valence-electron chi connectivity index (χ2n) is 7.56. The Bertz CT molecular complexity index is 1030. The maximum absolute atomic E-state index is 13.4. The molecule has 2 heterocycles. The predicted molar refractivity (Wildman–Crippen MR) is 116 cm³/mol. The molecular weight excluding hydrogens is 406 g/mol. The SMILES string of the molecule is COC(=O)C1CNCCN1C(=O)c1c(C)ccn(-c2cccc3c2CCC3)c1=O.Cl. The fourth-order valence-electron chi connectivity index (χ4n) is 4.34. The smallest absolute Gasteiger partial charge is 0.329 e. The first kappa shape index (κ1) is 22.1. The fourth-order valence-corrected chi connectivity index (χ4v) is 4.34. The maximum Gasteiger partial charge on any atom is 0.329 e. The molecule has 1 aromatic carbocycles. The molecule has 0 bridgehead atoms. The second-order valence-corrected chi connectivity index (χ2v) is 7.56. The summed E-state index contributed by atoms with van der Waals surface area (Å²) >= 11 is 0. The number of hydrogen-bond acceptors (Lipinski definition) is 5. The van der Waals surface area contributed by atoms with E-state index in [0.717, 1.165) is 24.9 Å². The van der Waals surface area contributed by atoms with Crippen LogP contribution in [0.15, 0.2) is 35.3 Å². The summed E-state index contributed by atoms with van der Waals surface area (Å²) in [5.41, 5.74) is 3.63. The van der Waals surface area contributed by atoms with Crippen LogP contribution in [0, 0.1) is 6.92 Å². The normalized spacial score (nSPS) is 17.8. The lowest BCUT2D eigenvalue weighted by atomic mass is 10.1. The molecule has 1 aliphatic heterocycles. The Hall–Kier alpha value is -2.64. The van der Waals surface area contributed by atoms with Crippen molar-refractivity contribution >= 4 is 24.3 Å². The molecule has 2 aromatic rings. The van der Waals surface area contributed by atoms with E-state index in [1.54, 1.807) is 23.8 Å². The number of fused-ring (bicyclic) bond motifs is 1. The molecule has 1 atom stereocenters. The molecule has 0 saturated carbocycles. The van der Waals surface area contributed by atoms with Crippen LogP contribution in [0.3, 0.4) is 0 Å². The van der Waals surface area contributed by atoms with Crippen molar-refractivity contribution in [3.8, 4) is 5.69 Å². The van der Waals surface area contributed by atoms with E-state index in [0.29, 0.717) is 25.2 Å². The number of carbonyl (C=O) groups is 2. The van der Waals surface area contributed by atoms with Crippen LogP contribution in [0.5, 0.6) is 0 Å². The standard InChI is InChI=1S/C22H25N3O4.ClH/c1-14-9-11-24(17-8-4-6-15-5-3-7-16(15)17)20(26)19(14)21(27)25-12-10-23-13-18(25)22(28)29-2;/h4,6,8-9,11,18,23H,3,5,7,10,12-13H2,1-2H3;1H. The summed E-state index contributed by atoms with van der Waals surface area (Å²) in [6.07, 6.45) is 4.74. The Kier molecular flexibility index (Phi) is 6.63. The highest BCUT2D eigenvalue weighted by molar-refractivity contribution is 5.98. The first-order valence-electron chi connectivity index (χ1n) is 9.96. The van der Waals surface area contributed by atoms with Gasteiger partial charge < -0.3 is 15.0 Å². The number of methoxy groups -OCH3 is 1. The Morgan fingerprint density at radius 2 is 2.00 bits per heavy atom. The molecule has 0 spiro atoms. The van der Waals surface area contributed by atoms with E-state index < -0.39 is 17.9 Å². The fraction of sp³-hybridized carbons (Fsp3) is 0.409. The van der Waals surface area contributed by atoms with E-state index in [1.807, 2.05) is 12.1 Å². The molecule has 1 N–H and O–H groups in total. The minimum Gasteiger partial charge on any atom is -0.467 e. The van der Waals surface area contributed by atoms with Crippen LogP contribution in [-0.4, -0.2) is 54.1 Å². The molecule has 4 rings (SSSR count). The van der Waals surface area contributed by atoms with Gasteiger partial charge in [0.2, 0.25) is 0 Å². The summed E-state index contributed by atoms with van der Waals surface area (Å²) in [5.74, 6) is -0.910. The van der Waals surface area contributed by atoms with Crippen molar-refractivity contribution < 1.29 is 14.3 Å². The summed E-state index contributed by atoms with van der Waals surface area (Å²) in [7, 11) is 1.30. The van der Waals surface area contributed by atoms with Gasteiger partial charge >= 0.3 is 5.97 Å². The van der Waals surface area contributed by atoms with Gasteiger partial charge in [-0.1, -0.05) is 12.1 Å². The topological polar surface area (TPSA) is 80.6 Å². The number of nitrogens with zero attached hydrogens (tertiary/aromatic N) is 2. The molecule has 1 amide bonds. The van der Waals surface area contributed by atoms with E-state index in [9.17, 15) is 14.4 Å². The lowest BCUT2D eigenvalue weighted by Crippen LogP contribution is -2.58. The first-order chi connectivity index (χ1) is 14.0. The van der Waals surface area contributed by atoms with Crippen LogP contribution in [0.2, 0.25) is 0 Å². The summed E-state index contributed by atoms with van der Waals surface area (Å²) in [5, 5.41) is 3.10. The van der Waals surface area contributed by atoms with Crippen molar-refractivity contribution in [3.05, 3.63) is 63.1 Å². The molecule has 1 saturated heterocycles. The monoisotopic (exact) mass is 431 g/mol. The van der Waals surface area contributed by atoms with Gasteiger partial charge in [-0.25, -0.2) is 4.79 Å². The van der Waals surface area contributed by atoms with Crippen LogP contribution in [0.25, 0.3) is 5.69 Å². The third kappa shape index (κ3) is 3.75. The van der Waals surface area contributed by atoms with Gasteiger partial charge in [0.25, 0.3) is 11.5 Å². The highest BCUT2D eigenvalue weighted by Gasteiger charge is 2.35. The minimum absolute atomic E-state index is 0. The molecule has 7 nitrogen and oxygen atoms in total. The third-order valence-corrected chi connectivity index (χ3v) is 5.87. The Morgan fingerprint density at radius 3 is 2.77 bits per heavy atom. The van der Waals surface area contributed by atoms with Gasteiger partial charge in [-0.3, -0.25) is 14.2 Å². The molecule has 30 heavy (non-hydrogen) atoms. The maximum atomic E-state index is 13.4. The number of esters is 1. The van der Waals surface area contributed by atoms with Crippen LogP contribution in [-0.2, 0) is 22.4 Å². The van der Waals surface area contributed by atoms with E-state index in [-0.39, 0.29) is 23.5 Å². The number of rotatable bonds is 3. The Morgan fingerprint density at radius 1 is 1.20 bits per heavy atom. The molecular formula is C22H26ClN3O4. The molecule has 8 heteroatoms. The molecule has 2 aliphatic rings. The van der Waals surface area contributed by atoms with Crippen molar-refractivity contribution in [2.45, 2.75) is 32.2 Å². The number of halogens is 1. The van der Waals surface area contributed by atoms with E-state index >= 15 is 0 Å². The van der Waals surface area contributed by atoms with Gasteiger partial charge in [0.05, 0.1) is 12.8 Å². The summed E-state index contributed by atoms with van der Waals surface area (Å²) in [6.45, 7) is 2.97. The molecule has 1 unspecified atom stereocenters. The van der Waals surface area contributed by atoms with Gasteiger partial charge in [-0.15, -0.1) is 12.4 Å². The number of piperazine rings is 1.